The molecule has 0 atom stereocenters. The lowest BCUT2D eigenvalue weighted by molar-refractivity contribution is 0.0203. The molecule has 10 heteroatoms. The van der Waals surface area contributed by atoms with Crippen LogP contribution in [0.15, 0.2) is 54.7 Å². The van der Waals surface area contributed by atoms with Crippen LogP contribution in [0, 0.1) is 0 Å². The summed E-state index contributed by atoms with van der Waals surface area (Å²) in [6.45, 7) is 9.39. The fourth-order valence-corrected chi connectivity index (χ4v) is 5.70. The van der Waals surface area contributed by atoms with Gasteiger partial charge in [0.05, 0.1) is 30.3 Å². The molecule has 2 saturated heterocycles. The van der Waals surface area contributed by atoms with E-state index in [1.165, 1.54) is 0 Å². The highest BCUT2D eigenvalue weighted by Crippen LogP contribution is 2.34. The summed E-state index contributed by atoms with van der Waals surface area (Å²) >= 11 is 6.20. The molecule has 2 fully saturated rings. The van der Waals surface area contributed by atoms with Crippen LogP contribution < -0.4 is 9.64 Å². The highest BCUT2D eigenvalue weighted by Gasteiger charge is 2.34. The number of benzene rings is 2. The zero-order valence-electron chi connectivity index (χ0n) is 24.2. The van der Waals surface area contributed by atoms with Crippen LogP contribution in [0.4, 0.5) is 10.5 Å². The quantitative estimate of drug-likeness (QED) is 0.391. The van der Waals surface area contributed by atoms with Crippen LogP contribution in [0.2, 0.25) is 5.02 Å². The summed E-state index contributed by atoms with van der Waals surface area (Å²) in [6.07, 6.45) is 2.83. The number of piperidine rings is 1. The van der Waals surface area contributed by atoms with Gasteiger partial charge in [0.25, 0.3) is 5.91 Å². The Hall–Kier alpha value is -3.72. The second-order valence-corrected chi connectivity index (χ2v) is 12.0. The number of hydrogen-bond donors (Lipinski definition) is 0. The number of methoxy groups -OCH3 is 1. The van der Waals surface area contributed by atoms with Gasteiger partial charge in [-0.05, 0) is 76.1 Å². The number of rotatable bonds is 5. The molecule has 0 unspecified atom stereocenters. The molecule has 2 amide bonds. The lowest BCUT2D eigenvalue weighted by Crippen LogP contribution is -2.49. The molecule has 0 spiro atoms. The minimum atomic E-state index is -0.544. The van der Waals surface area contributed by atoms with Gasteiger partial charge in [-0.1, -0.05) is 17.7 Å². The molecule has 0 aliphatic carbocycles. The maximum atomic E-state index is 14.0. The molecule has 0 saturated carbocycles. The van der Waals surface area contributed by atoms with Crippen molar-refractivity contribution < 1.29 is 19.1 Å². The first-order valence-electron chi connectivity index (χ1n) is 14.1. The summed E-state index contributed by atoms with van der Waals surface area (Å²) in [4.78, 5) is 32.6. The third-order valence-corrected chi connectivity index (χ3v) is 7.86. The van der Waals surface area contributed by atoms with E-state index in [2.05, 4.69) is 4.90 Å². The molecule has 3 aromatic rings. The second kappa shape index (κ2) is 12.0. The number of likely N-dealkylation sites (tertiary alicyclic amines) is 1. The molecule has 1 aromatic heterocycles. The lowest BCUT2D eigenvalue weighted by atomic mass is 9.90. The molecule has 2 aliphatic heterocycles. The number of halogens is 1. The van der Waals surface area contributed by atoms with Crippen molar-refractivity contribution in [1.82, 2.24) is 19.6 Å². The molecule has 2 aliphatic rings. The van der Waals surface area contributed by atoms with Gasteiger partial charge < -0.3 is 24.2 Å². The summed E-state index contributed by atoms with van der Waals surface area (Å²) in [6, 6.07) is 15.5. The third kappa shape index (κ3) is 6.62. The smallest absolute Gasteiger partial charge is 0.410 e. The third-order valence-electron chi connectivity index (χ3n) is 7.63. The lowest BCUT2D eigenvalue weighted by Gasteiger charge is -2.37. The Morgan fingerprint density at radius 2 is 1.59 bits per heavy atom. The molecule has 3 heterocycles. The van der Waals surface area contributed by atoms with Crippen molar-refractivity contribution in [2.75, 3.05) is 51.3 Å². The fraction of sp³-hybridized carbons (Fsp3) is 0.452. The zero-order chi connectivity index (χ0) is 29.1. The largest absolute Gasteiger partial charge is 0.497 e. The Balaban J connectivity index is 1.36. The summed E-state index contributed by atoms with van der Waals surface area (Å²) in [7, 11) is 1.63. The van der Waals surface area contributed by atoms with E-state index in [9.17, 15) is 9.59 Å². The van der Waals surface area contributed by atoms with Crippen molar-refractivity contribution in [3.8, 4) is 11.4 Å². The van der Waals surface area contributed by atoms with Gasteiger partial charge >= 0.3 is 6.09 Å². The molecule has 41 heavy (non-hydrogen) atoms. The predicted molar refractivity (Wildman–Crippen MR) is 159 cm³/mol. The van der Waals surface area contributed by atoms with Crippen molar-refractivity contribution in [2.24, 2.45) is 0 Å². The van der Waals surface area contributed by atoms with Gasteiger partial charge in [0.2, 0.25) is 0 Å². The topological polar surface area (TPSA) is 80.1 Å². The molecule has 218 valence electrons. The van der Waals surface area contributed by atoms with Crippen molar-refractivity contribution >= 4 is 29.3 Å². The van der Waals surface area contributed by atoms with Gasteiger partial charge in [-0.25, -0.2) is 9.48 Å². The summed E-state index contributed by atoms with van der Waals surface area (Å²) < 4.78 is 12.8. The van der Waals surface area contributed by atoms with Crippen LogP contribution in [-0.4, -0.2) is 83.6 Å². The van der Waals surface area contributed by atoms with E-state index >= 15 is 0 Å². The van der Waals surface area contributed by atoms with Crippen LogP contribution >= 0.6 is 11.6 Å². The van der Waals surface area contributed by atoms with Crippen molar-refractivity contribution in [3.63, 3.8) is 0 Å². The predicted octanol–water partition coefficient (Wildman–Crippen LogP) is 5.61. The summed E-state index contributed by atoms with van der Waals surface area (Å²) in [5, 5.41) is 5.41. The van der Waals surface area contributed by atoms with E-state index in [0.717, 1.165) is 35.9 Å². The SMILES string of the molecule is COc1ccc(-n2ncc(C(=O)N3CCN(c4cccc(Cl)c4)CC3)c2C2CCN(C(=O)OC(C)(C)C)CC2)cc1. The monoisotopic (exact) mass is 579 g/mol. The Morgan fingerprint density at radius 1 is 0.902 bits per heavy atom. The number of nitrogens with zero attached hydrogens (tertiary/aromatic N) is 5. The van der Waals surface area contributed by atoms with Gasteiger partial charge in [-0.15, -0.1) is 0 Å². The highest BCUT2D eigenvalue weighted by atomic mass is 35.5. The van der Waals surface area contributed by atoms with E-state index in [1.54, 1.807) is 18.2 Å². The number of anilines is 1. The fourth-order valence-electron chi connectivity index (χ4n) is 5.52. The number of amides is 2. The Morgan fingerprint density at radius 3 is 2.20 bits per heavy atom. The maximum absolute atomic E-state index is 14.0. The van der Waals surface area contributed by atoms with Gasteiger partial charge in [0, 0.05) is 55.9 Å². The van der Waals surface area contributed by atoms with E-state index < -0.39 is 5.60 Å². The molecular weight excluding hydrogens is 542 g/mol. The zero-order valence-corrected chi connectivity index (χ0v) is 24.9. The number of piperazine rings is 1. The molecule has 9 nitrogen and oxygen atoms in total. The minimum Gasteiger partial charge on any atom is -0.497 e. The Labute approximate surface area is 246 Å². The highest BCUT2D eigenvalue weighted by molar-refractivity contribution is 6.30. The van der Waals surface area contributed by atoms with Gasteiger partial charge in [-0.3, -0.25) is 4.79 Å². The summed E-state index contributed by atoms with van der Waals surface area (Å²) in [5.74, 6) is 0.798. The standard InChI is InChI=1S/C31H38ClN5O4/c1-31(2,3)41-30(39)36-14-12-22(13-15-36)28-27(21-33-37(28)24-8-10-26(40-4)11-9-24)29(38)35-18-16-34(17-19-35)25-7-5-6-23(32)20-25/h5-11,20-22H,12-19H2,1-4H3. The van der Waals surface area contributed by atoms with Gasteiger partial charge in [0.15, 0.2) is 0 Å². The number of carbonyl (C=O) groups is 2. The van der Waals surface area contributed by atoms with Crippen LogP contribution in [0.25, 0.3) is 5.69 Å². The van der Waals surface area contributed by atoms with Crippen molar-refractivity contribution in [3.05, 3.63) is 71.0 Å². The number of ether oxygens (including phenoxy) is 2. The van der Waals surface area contributed by atoms with Crippen molar-refractivity contribution in [2.45, 2.75) is 45.1 Å². The first kappa shape index (κ1) is 28.8. The van der Waals surface area contributed by atoms with Crippen LogP contribution in [0.1, 0.15) is 55.6 Å². The molecule has 2 aromatic carbocycles. The molecule has 5 rings (SSSR count). The number of aromatic nitrogens is 2. The Bertz CT molecular complexity index is 1370. The van der Waals surface area contributed by atoms with E-state index in [0.29, 0.717) is 49.6 Å². The van der Waals surface area contributed by atoms with Crippen LogP contribution in [-0.2, 0) is 4.74 Å². The van der Waals surface area contributed by atoms with Crippen LogP contribution in [0.5, 0.6) is 5.75 Å². The molecular formula is C31H38ClN5O4. The Kier molecular flexibility index (Phi) is 8.45. The normalized spacial score (nSPS) is 16.6. The number of hydrogen-bond acceptors (Lipinski definition) is 6. The average molecular weight is 580 g/mol. The first-order valence-corrected chi connectivity index (χ1v) is 14.5. The van der Waals surface area contributed by atoms with Gasteiger partial charge in [-0.2, -0.15) is 5.10 Å². The minimum absolute atomic E-state index is 0.0138. The average Bonchev–Trinajstić information content (AvgIpc) is 3.41. The number of carbonyl (C=O) groups excluding carboxylic acids is 2. The molecule has 0 bridgehead atoms. The van der Waals surface area contributed by atoms with Crippen molar-refractivity contribution in [1.29, 1.82) is 0 Å². The van der Waals surface area contributed by atoms with E-state index in [1.807, 2.05) is 78.9 Å². The first-order chi connectivity index (χ1) is 19.6. The van der Waals surface area contributed by atoms with E-state index in [-0.39, 0.29) is 17.9 Å². The van der Waals surface area contributed by atoms with Crippen LogP contribution in [0.3, 0.4) is 0 Å². The molecule has 0 N–H and O–H groups in total. The molecule has 0 radical (unpaired) electrons. The maximum Gasteiger partial charge on any atom is 0.410 e. The second-order valence-electron chi connectivity index (χ2n) is 11.6. The summed E-state index contributed by atoms with van der Waals surface area (Å²) in [5.41, 5.74) is 2.89. The van der Waals surface area contributed by atoms with E-state index in [4.69, 9.17) is 26.2 Å². The van der Waals surface area contributed by atoms with Gasteiger partial charge in [0.1, 0.15) is 11.4 Å².